The number of methoxy groups -OCH3 is 1. The first-order valence-electron chi connectivity index (χ1n) is 2.44. The standard InChI is InChI=1S/C5H5BN2O/c1-9-5-4(6)2-7-3-8-5/h2-3H,1H3. The van der Waals surface area contributed by atoms with E-state index in [1.807, 2.05) is 0 Å². The second-order valence-electron chi connectivity index (χ2n) is 1.49. The van der Waals surface area contributed by atoms with Crippen molar-refractivity contribution in [2.24, 2.45) is 0 Å². The third-order valence-corrected chi connectivity index (χ3v) is 0.896. The normalized spacial score (nSPS) is 9.00. The maximum atomic E-state index is 5.38. The first-order valence-corrected chi connectivity index (χ1v) is 2.44. The highest BCUT2D eigenvalue weighted by Crippen LogP contribution is 1.93. The van der Waals surface area contributed by atoms with Crippen LogP contribution in [0.15, 0.2) is 12.5 Å². The van der Waals surface area contributed by atoms with E-state index in [4.69, 9.17) is 12.6 Å². The van der Waals surface area contributed by atoms with Gasteiger partial charge in [-0.2, -0.15) is 0 Å². The van der Waals surface area contributed by atoms with Gasteiger partial charge in [-0.05, 0) is 5.46 Å². The molecule has 44 valence electrons. The Balaban J connectivity index is 3.01. The molecule has 0 saturated heterocycles. The number of hydrogen-bond donors (Lipinski definition) is 0. The number of rotatable bonds is 1. The molecule has 0 saturated carbocycles. The largest absolute Gasteiger partial charge is 0.481 e. The van der Waals surface area contributed by atoms with Crippen molar-refractivity contribution in [2.75, 3.05) is 7.11 Å². The summed E-state index contributed by atoms with van der Waals surface area (Å²) in [6, 6.07) is 0. The van der Waals surface area contributed by atoms with Gasteiger partial charge < -0.3 is 4.74 Å². The van der Waals surface area contributed by atoms with Crippen molar-refractivity contribution in [1.29, 1.82) is 0 Å². The second-order valence-corrected chi connectivity index (χ2v) is 1.49. The molecule has 0 fully saturated rings. The van der Waals surface area contributed by atoms with Gasteiger partial charge >= 0.3 is 0 Å². The van der Waals surface area contributed by atoms with Crippen LogP contribution in [0.4, 0.5) is 0 Å². The van der Waals surface area contributed by atoms with Crippen LogP contribution in [-0.4, -0.2) is 24.9 Å². The summed E-state index contributed by atoms with van der Waals surface area (Å²) < 4.78 is 4.77. The molecule has 9 heavy (non-hydrogen) atoms. The molecule has 1 aromatic rings. The Hall–Kier alpha value is -1.06. The first kappa shape index (κ1) is 6.07. The minimum atomic E-state index is 0.421. The predicted octanol–water partition coefficient (Wildman–Crippen LogP) is -0.721. The Morgan fingerprint density at radius 3 is 2.89 bits per heavy atom. The molecule has 4 heteroatoms. The smallest absolute Gasteiger partial charge is 0.208 e. The molecule has 0 aliphatic rings. The molecule has 0 atom stereocenters. The van der Waals surface area contributed by atoms with Gasteiger partial charge in [-0.1, -0.05) is 0 Å². The molecular formula is C5H5BN2O. The molecule has 3 nitrogen and oxygen atoms in total. The quantitative estimate of drug-likeness (QED) is 0.458. The van der Waals surface area contributed by atoms with Crippen molar-refractivity contribution in [3.63, 3.8) is 0 Å². The van der Waals surface area contributed by atoms with Crippen LogP contribution in [-0.2, 0) is 0 Å². The van der Waals surface area contributed by atoms with Gasteiger partial charge in [0.05, 0.1) is 7.11 Å². The van der Waals surface area contributed by atoms with E-state index < -0.39 is 0 Å². The van der Waals surface area contributed by atoms with E-state index in [0.717, 1.165) is 0 Å². The lowest BCUT2D eigenvalue weighted by atomic mass is 10.0. The Labute approximate surface area is 54.5 Å². The van der Waals surface area contributed by atoms with E-state index in [9.17, 15) is 0 Å². The van der Waals surface area contributed by atoms with Crippen LogP contribution in [0.25, 0.3) is 0 Å². The van der Waals surface area contributed by atoms with Crippen molar-refractivity contribution in [1.82, 2.24) is 9.97 Å². The fraction of sp³-hybridized carbons (Fsp3) is 0.200. The molecule has 2 radical (unpaired) electrons. The minimum absolute atomic E-state index is 0.421. The maximum absolute atomic E-state index is 5.38. The molecule has 0 aromatic carbocycles. The zero-order valence-electron chi connectivity index (χ0n) is 5.03. The van der Waals surface area contributed by atoms with Crippen molar-refractivity contribution in [3.8, 4) is 5.88 Å². The number of nitrogens with zero attached hydrogens (tertiary/aromatic N) is 2. The summed E-state index contributed by atoms with van der Waals surface area (Å²) in [5.41, 5.74) is 0.458. The summed E-state index contributed by atoms with van der Waals surface area (Å²) in [5, 5.41) is 0. The lowest BCUT2D eigenvalue weighted by Crippen LogP contribution is -2.09. The SMILES string of the molecule is [B]c1cncnc1OC. The third-order valence-electron chi connectivity index (χ3n) is 0.896. The molecule has 0 N–H and O–H groups in total. The molecular weight excluding hydrogens is 115 g/mol. The summed E-state index contributed by atoms with van der Waals surface area (Å²) in [6.45, 7) is 0. The Morgan fingerprint density at radius 2 is 2.44 bits per heavy atom. The van der Waals surface area contributed by atoms with Gasteiger partial charge in [0.1, 0.15) is 14.2 Å². The van der Waals surface area contributed by atoms with Crippen LogP contribution in [0.1, 0.15) is 0 Å². The number of ether oxygens (including phenoxy) is 1. The molecule has 0 spiro atoms. The summed E-state index contributed by atoms with van der Waals surface area (Å²) >= 11 is 0. The molecule has 0 unspecified atom stereocenters. The topological polar surface area (TPSA) is 35.0 Å². The summed E-state index contributed by atoms with van der Waals surface area (Å²) in [6.07, 6.45) is 2.88. The van der Waals surface area contributed by atoms with Crippen molar-refractivity contribution in [3.05, 3.63) is 12.5 Å². The van der Waals surface area contributed by atoms with Gasteiger partial charge in [0.15, 0.2) is 0 Å². The molecule has 0 bridgehead atoms. The molecule has 1 rings (SSSR count). The van der Waals surface area contributed by atoms with Crippen LogP contribution in [0.2, 0.25) is 0 Å². The molecule has 1 heterocycles. The Bertz CT molecular complexity index is 204. The monoisotopic (exact) mass is 120 g/mol. The van der Waals surface area contributed by atoms with Crippen LogP contribution in [0.3, 0.4) is 0 Å². The lowest BCUT2D eigenvalue weighted by molar-refractivity contribution is 0.400. The molecule has 0 amide bonds. The van der Waals surface area contributed by atoms with Crippen molar-refractivity contribution in [2.45, 2.75) is 0 Å². The fourth-order valence-electron chi connectivity index (χ4n) is 0.500. The molecule has 0 aliphatic carbocycles. The number of aromatic nitrogens is 2. The third kappa shape index (κ3) is 1.19. The Kier molecular flexibility index (Phi) is 1.67. The Morgan fingerprint density at radius 1 is 1.67 bits per heavy atom. The highest BCUT2D eigenvalue weighted by Gasteiger charge is 1.93. The maximum Gasteiger partial charge on any atom is 0.208 e. The van der Waals surface area contributed by atoms with Gasteiger partial charge in [0, 0.05) is 6.20 Å². The van der Waals surface area contributed by atoms with Gasteiger partial charge in [0.25, 0.3) is 0 Å². The van der Waals surface area contributed by atoms with Gasteiger partial charge in [0.2, 0.25) is 5.88 Å². The van der Waals surface area contributed by atoms with E-state index in [-0.39, 0.29) is 0 Å². The average Bonchev–Trinajstić information content (AvgIpc) is 1.89. The van der Waals surface area contributed by atoms with E-state index in [1.165, 1.54) is 19.6 Å². The summed E-state index contributed by atoms with van der Waals surface area (Å²) in [4.78, 5) is 7.42. The zero-order valence-corrected chi connectivity index (χ0v) is 5.03. The highest BCUT2D eigenvalue weighted by molar-refractivity contribution is 6.33. The first-order chi connectivity index (χ1) is 4.34. The van der Waals surface area contributed by atoms with Gasteiger partial charge in [-0.15, -0.1) is 0 Å². The minimum Gasteiger partial charge on any atom is -0.481 e. The number of hydrogen-bond acceptors (Lipinski definition) is 3. The molecule has 0 aliphatic heterocycles. The van der Waals surface area contributed by atoms with Crippen LogP contribution < -0.4 is 10.2 Å². The summed E-state index contributed by atoms with van der Waals surface area (Å²) in [5.74, 6) is 0.421. The molecule has 1 aromatic heterocycles. The predicted molar refractivity (Wildman–Crippen MR) is 34.0 cm³/mol. The van der Waals surface area contributed by atoms with E-state index in [2.05, 4.69) is 9.97 Å². The average molecular weight is 120 g/mol. The zero-order chi connectivity index (χ0) is 6.69. The summed E-state index contributed by atoms with van der Waals surface area (Å²) in [7, 11) is 6.89. The van der Waals surface area contributed by atoms with E-state index >= 15 is 0 Å². The fourth-order valence-corrected chi connectivity index (χ4v) is 0.500. The van der Waals surface area contributed by atoms with Crippen LogP contribution >= 0.6 is 0 Å². The van der Waals surface area contributed by atoms with Crippen LogP contribution in [0.5, 0.6) is 5.88 Å². The van der Waals surface area contributed by atoms with E-state index in [0.29, 0.717) is 11.3 Å². The van der Waals surface area contributed by atoms with Gasteiger partial charge in [-0.3, -0.25) is 0 Å². The van der Waals surface area contributed by atoms with Crippen LogP contribution in [0, 0.1) is 0 Å². The lowest BCUT2D eigenvalue weighted by Gasteiger charge is -1.98. The van der Waals surface area contributed by atoms with Crippen molar-refractivity contribution >= 4 is 13.3 Å². The van der Waals surface area contributed by atoms with Crippen molar-refractivity contribution < 1.29 is 4.74 Å². The second kappa shape index (κ2) is 2.48. The van der Waals surface area contributed by atoms with Gasteiger partial charge in [-0.25, -0.2) is 9.97 Å². The highest BCUT2D eigenvalue weighted by atomic mass is 16.5. The van der Waals surface area contributed by atoms with E-state index in [1.54, 1.807) is 0 Å².